The molecule has 28 heavy (non-hydrogen) atoms. The Bertz CT molecular complexity index is 1070. The van der Waals surface area contributed by atoms with Crippen molar-refractivity contribution in [3.63, 3.8) is 0 Å². The fourth-order valence-electron chi connectivity index (χ4n) is 2.67. The molecule has 4 rings (SSSR count). The van der Waals surface area contributed by atoms with Crippen LogP contribution >= 0.6 is 15.9 Å². The van der Waals surface area contributed by atoms with Gasteiger partial charge in [-0.3, -0.25) is 14.5 Å². The van der Waals surface area contributed by atoms with Crippen LogP contribution < -0.4 is 5.32 Å². The van der Waals surface area contributed by atoms with Crippen LogP contribution in [0.2, 0.25) is 0 Å². The molecule has 1 N–H and O–H groups in total. The molecular formula is C20H16BrN5O2. The Morgan fingerprint density at radius 2 is 1.89 bits per heavy atom. The van der Waals surface area contributed by atoms with Crippen molar-refractivity contribution in [1.82, 2.24) is 25.2 Å². The van der Waals surface area contributed by atoms with E-state index in [1.807, 2.05) is 42.6 Å². The van der Waals surface area contributed by atoms with Crippen molar-refractivity contribution in [3.8, 4) is 11.1 Å². The number of benzene rings is 1. The van der Waals surface area contributed by atoms with Crippen LogP contribution in [0.4, 0.5) is 0 Å². The maximum Gasteiger partial charge on any atom is 0.273 e. The number of halogens is 1. The number of nitrogens with zero attached hydrogens (tertiary/aromatic N) is 4. The van der Waals surface area contributed by atoms with Gasteiger partial charge in [-0.1, -0.05) is 33.2 Å². The summed E-state index contributed by atoms with van der Waals surface area (Å²) in [5.41, 5.74) is 3.26. The van der Waals surface area contributed by atoms with Gasteiger partial charge in [0.1, 0.15) is 6.54 Å². The molecule has 7 nitrogen and oxygen atoms in total. The number of hydrogen-bond acceptors (Lipinski definition) is 5. The fraction of sp³-hybridized carbons (Fsp3) is 0.100. The Balaban J connectivity index is 1.37. The third-order valence-electron chi connectivity index (χ3n) is 4.12. The third-order valence-corrected chi connectivity index (χ3v) is 4.65. The lowest BCUT2D eigenvalue weighted by atomic mass is 10.1. The molecule has 3 heterocycles. The maximum absolute atomic E-state index is 12.3. The molecule has 0 fully saturated rings. The smallest absolute Gasteiger partial charge is 0.273 e. The van der Waals surface area contributed by atoms with E-state index in [9.17, 15) is 4.79 Å². The van der Waals surface area contributed by atoms with Crippen LogP contribution in [0.3, 0.4) is 0 Å². The molecule has 0 saturated heterocycles. The second kappa shape index (κ2) is 8.18. The molecular weight excluding hydrogens is 422 g/mol. The molecule has 1 aromatic carbocycles. The molecule has 0 spiro atoms. The third kappa shape index (κ3) is 4.34. The summed E-state index contributed by atoms with van der Waals surface area (Å²) >= 11 is 3.39. The predicted molar refractivity (Wildman–Crippen MR) is 106 cm³/mol. The standard InChI is InChI=1S/C20H16BrN5O2/c21-17-3-1-14(2-4-17)10-23-20(27)19-9-18(28-25-19)13-26-12-16(11-24-26)15-5-7-22-8-6-15/h1-9,11-12H,10,13H2,(H,23,27). The average molecular weight is 438 g/mol. The number of rotatable bonds is 6. The lowest BCUT2D eigenvalue weighted by molar-refractivity contribution is 0.0941. The maximum atomic E-state index is 12.3. The molecule has 140 valence electrons. The van der Waals surface area contributed by atoms with E-state index in [1.165, 1.54) is 0 Å². The van der Waals surface area contributed by atoms with Gasteiger partial charge in [0.15, 0.2) is 11.5 Å². The van der Waals surface area contributed by atoms with Crippen LogP contribution in [-0.4, -0.2) is 25.8 Å². The Morgan fingerprint density at radius 3 is 2.68 bits per heavy atom. The van der Waals surface area contributed by atoms with E-state index in [4.69, 9.17) is 4.52 Å². The molecule has 4 aromatic rings. The molecule has 0 bridgehead atoms. The second-order valence-corrected chi connectivity index (χ2v) is 7.07. The highest BCUT2D eigenvalue weighted by Crippen LogP contribution is 2.17. The quantitative estimate of drug-likeness (QED) is 0.497. The van der Waals surface area contributed by atoms with Gasteiger partial charge in [0.2, 0.25) is 0 Å². The summed E-state index contributed by atoms with van der Waals surface area (Å²) < 4.78 is 8.02. The zero-order chi connectivity index (χ0) is 19.3. The van der Waals surface area contributed by atoms with Crippen molar-refractivity contribution in [2.45, 2.75) is 13.1 Å². The first-order valence-electron chi connectivity index (χ1n) is 8.58. The van der Waals surface area contributed by atoms with E-state index in [1.54, 1.807) is 29.3 Å². The number of hydrogen-bond donors (Lipinski definition) is 1. The molecule has 0 unspecified atom stereocenters. The van der Waals surface area contributed by atoms with Crippen molar-refractivity contribution in [2.75, 3.05) is 0 Å². The van der Waals surface area contributed by atoms with Crippen LogP contribution in [0.25, 0.3) is 11.1 Å². The SMILES string of the molecule is O=C(NCc1ccc(Br)cc1)c1cc(Cn2cc(-c3ccncc3)cn2)on1. The van der Waals surface area contributed by atoms with E-state index < -0.39 is 0 Å². The van der Waals surface area contributed by atoms with Gasteiger partial charge in [-0.2, -0.15) is 5.10 Å². The summed E-state index contributed by atoms with van der Waals surface area (Å²) in [6, 6.07) is 13.2. The Labute approximate surface area is 169 Å². The Kier molecular flexibility index (Phi) is 5.29. The highest BCUT2D eigenvalue weighted by Gasteiger charge is 2.13. The number of nitrogens with one attached hydrogen (secondary N) is 1. The van der Waals surface area contributed by atoms with E-state index in [-0.39, 0.29) is 11.6 Å². The normalized spacial score (nSPS) is 10.8. The first kappa shape index (κ1) is 18.1. The number of carbonyl (C=O) groups is 1. The molecule has 0 atom stereocenters. The molecule has 3 aromatic heterocycles. The van der Waals surface area contributed by atoms with E-state index in [2.05, 4.69) is 36.5 Å². The van der Waals surface area contributed by atoms with Crippen molar-refractivity contribution < 1.29 is 9.32 Å². The van der Waals surface area contributed by atoms with Crippen LogP contribution in [0.5, 0.6) is 0 Å². The van der Waals surface area contributed by atoms with Crippen LogP contribution in [0.1, 0.15) is 21.8 Å². The van der Waals surface area contributed by atoms with Gasteiger partial charge < -0.3 is 9.84 Å². The number of carbonyl (C=O) groups excluding carboxylic acids is 1. The second-order valence-electron chi connectivity index (χ2n) is 6.15. The van der Waals surface area contributed by atoms with Crippen molar-refractivity contribution in [1.29, 1.82) is 0 Å². The summed E-state index contributed by atoms with van der Waals surface area (Å²) in [6.07, 6.45) is 7.16. The minimum absolute atomic E-state index is 0.244. The highest BCUT2D eigenvalue weighted by molar-refractivity contribution is 9.10. The first-order valence-corrected chi connectivity index (χ1v) is 9.38. The summed E-state index contributed by atoms with van der Waals surface area (Å²) in [7, 11) is 0. The summed E-state index contributed by atoms with van der Waals surface area (Å²) in [5.74, 6) is 0.272. The average Bonchev–Trinajstić information content (AvgIpc) is 3.38. The molecule has 8 heteroatoms. The molecule has 0 aliphatic rings. The van der Waals surface area contributed by atoms with Gasteiger partial charge in [0.25, 0.3) is 5.91 Å². The molecule has 1 amide bonds. The van der Waals surface area contributed by atoms with E-state index >= 15 is 0 Å². The van der Waals surface area contributed by atoms with Gasteiger partial charge in [-0.25, -0.2) is 0 Å². The van der Waals surface area contributed by atoms with Gasteiger partial charge >= 0.3 is 0 Å². The predicted octanol–water partition coefficient (Wildman–Crippen LogP) is 3.67. The van der Waals surface area contributed by atoms with Gasteiger partial charge in [-0.15, -0.1) is 0 Å². The minimum Gasteiger partial charge on any atom is -0.359 e. The van der Waals surface area contributed by atoms with Crippen LogP contribution in [0.15, 0.2) is 76.2 Å². The lowest BCUT2D eigenvalue weighted by Gasteiger charge is -2.03. The lowest BCUT2D eigenvalue weighted by Crippen LogP contribution is -2.23. The van der Waals surface area contributed by atoms with Gasteiger partial charge in [-0.05, 0) is 35.4 Å². The van der Waals surface area contributed by atoms with Crippen LogP contribution in [-0.2, 0) is 13.1 Å². The minimum atomic E-state index is -0.282. The zero-order valence-corrected chi connectivity index (χ0v) is 16.3. The number of aromatic nitrogens is 4. The van der Waals surface area contributed by atoms with Gasteiger partial charge in [0, 0.05) is 41.2 Å². The van der Waals surface area contributed by atoms with Crippen molar-refractivity contribution >= 4 is 21.8 Å². The monoisotopic (exact) mass is 437 g/mol. The van der Waals surface area contributed by atoms with Crippen LogP contribution in [0, 0.1) is 0 Å². The van der Waals surface area contributed by atoms with E-state index in [0.29, 0.717) is 18.8 Å². The molecule has 0 saturated carbocycles. The Morgan fingerprint density at radius 1 is 1.11 bits per heavy atom. The van der Waals surface area contributed by atoms with Gasteiger partial charge in [0.05, 0.1) is 6.20 Å². The fourth-order valence-corrected chi connectivity index (χ4v) is 2.94. The van der Waals surface area contributed by atoms with Crippen molar-refractivity contribution in [2.24, 2.45) is 0 Å². The number of pyridine rings is 1. The number of amides is 1. The van der Waals surface area contributed by atoms with E-state index in [0.717, 1.165) is 21.2 Å². The summed E-state index contributed by atoms with van der Waals surface area (Å²) in [6.45, 7) is 0.806. The largest absolute Gasteiger partial charge is 0.359 e. The first-order chi connectivity index (χ1) is 13.7. The summed E-state index contributed by atoms with van der Waals surface area (Å²) in [5, 5.41) is 11.0. The van der Waals surface area contributed by atoms with Crippen molar-refractivity contribution in [3.05, 3.63) is 88.7 Å². The summed E-state index contributed by atoms with van der Waals surface area (Å²) in [4.78, 5) is 16.3. The zero-order valence-electron chi connectivity index (χ0n) is 14.7. The Hall–Kier alpha value is -3.26. The molecule has 0 aliphatic carbocycles. The topological polar surface area (TPSA) is 85.8 Å². The molecule has 0 radical (unpaired) electrons. The highest BCUT2D eigenvalue weighted by atomic mass is 79.9. The molecule has 0 aliphatic heterocycles.